The minimum atomic E-state index is 0.541. The van der Waals surface area contributed by atoms with Crippen LogP contribution < -0.4 is 0 Å². The first kappa shape index (κ1) is 14.1. The predicted molar refractivity (Wildman–Crippen MR) is 75.2 cm³/mol. The van der Waals surface area contributed by atoms with E-state index in [9.17, 15) is 0 Å². The SMILES string of the molecule is ClCCCCCCSc1nnnn1C1CCCC1. The fourth-order valence-corrected chi connectivity index (χ4v) is 3.50. The Bertz CT molecular complexity index is 339. The molecule has 1 aromatic rings. The number of hydrogen-bond acceptors (Lipinski definition) is 4. The molecule has 0 bridgehead atoms. The standard InChI is InChI=1S/C12H21ClN4S/c13-9-5-1-2-6-10-18-12-14-15-16-17(12)11-7-3-4-8-11/h11H,1-10H2. The number of thioether (sulfide) groups is 1. The molecule has 2 rings (SSSR count). The highest BCUT2D eigenvalue weighted by atomic mass is 35.5. The van der Waals surface area contributed by atoms with E-state index < -0.39 is 0 Å². The number of unbranched alkanes of at least 4 members (excludes halogenated alkanes) is 3. The van der Waals surface area contributed by atoms with Crippen molar-refractivity contribution >= 4 is 23.4 Å². The van der Waals surface area contributed by atoms with E-state index in [0.717, 1.165) is 23.2 Å². The maximum atomic E-state index is 5.65. The van der Waals surface area contributed by atoms with E-state index in [2.05, 4.69) is 15.5 Å². The Hall–Kier alpha value is -0.290. The van der Waals surface area contributed by atoms with Gasteiger partial charge in [0.25, 0.3) is 0 Å². The van der Waals surface area contributed by atoms with Gasteiger partial charge in [0.05, 0.1) is 6.04 Å². The van der Waals surface area contributed by atoms with Crippen LogP contribution in [0.5, 0.6) is 0 Å². The average molecular weight is 289 g/mol. The number of halogens is 1. The quantitative estimate of drug-likeness (QED) is 0.416. The van der Waals surface area contributed by atoms with Crippen LogP contribution in [-0.4, -0.2) is 31.8 Å². The molecule has 1 heterocycles. The van der Waals surface area contributed by atoms with E-state index in [1.807, 2.05) is 4.68 Å². The van der Waals surface area contributed by atoms with Crippen LogP contribution in [0.1, 0.15) is 57.4 Å². The summed E-state index contributed by atoms with van der Waals surface area (Å²) in [5.74, 6) is 1.89. The lowest BCUT2D eigenvalue weighted by atomic mass is 10.2. The smallest absolute Gasteiger partial charge is 0.209 e. The number of tetrazole rings is 1. The Morgan fingerprint density at radius 2 is 1.94 bits per heavy atom. The van der Waals surface area contributed by atoms with Crippen molar-refractivity contribution in [2.24, 2.45) is 0 Å². The zero-order chi connectivity index (χ0) is 12.6. The summed E-state index contributed by atoms with van der Waals surface area (Å²) in [6.45, 7) is 0. The van der Waals surface area contributed by atoms with Gasteiger partial charge in [-0.25, -0.2) is 4.68 Å². The minimum Gasteiger partial charge on any atom is -0.217 e. The molecule has 6 heteroatoms. The largest absolute Gasteiger partial charge is 0.217 e. The van der Waals surface area contributed by atoms with E-state index in [1.54, 1.807) is 11.8 Å². The third kappa shape index (κ3) is 4.12. The van der Waals surface area contributed by atoms with E-state index in [0.29, 0.717) is 6.04 Å². The molecule has 18 heavy (non-hydrogen) atoms. The maximum absolute atomic E-state index is 5.65. The third-order valence-electron chi connectivity index (χ3n) is 3.39. The first-order valence-corrected chi connectivity index (χ1v) is 8.40. The van der Waals surface area contributed by atoms with Crippen LogP contribution in [0.15, 0.2) is 5.16 Å². The van der Waals surface area contributed by atoms with Gasteiger partial charge >= 0.3 is 0 Å². The first-order valence-electron chi connectivity index (χ1n) is 6.88. The Labute approximate surface area is 118 Å². The normalized spacial score (nSPS) is 16.5. The van der Waals surface area contributed by atoms with Gasteiger partial charge in [0, 0.05) is 11.6 Å². The van der Waals surface area contributed by atoms with Crippen LogP contribution in [0, 0.1) is 0 Å². The second kappa shape index (κ2) is 8.00. The lowest BCUT2D eigenvalue weighted by molar-refractivity contribution is 0.423. The molecule has 1 aliphatic carbocycles. The number of aromatic nitrogens is 4. The summed E-state index contributed by atoms with van der Waals surface area (Å²) in [7, 11) is 0. The topological polar surface area (TPSA) is 43.6 Å². The lowest BCUT2D eigenvalue weighted by Gasteiger charge is -2.10. The van der Waals surface area contributed by atoms with Crippen LogP contribution in [0.3, 0.4) is 0 Å². The molecular formula is C12H21ClN4S. The fraction of sp³-hybridized carbons (Fsp3) is 0.917. The van der Waals surface area contributed by atoms with E-state index >= 15 is 0 Å². The molecule has 0 aliphatic heterocycles. The molecule has 102 valence electrons. The van der Waals surface area contributed by atoms with Gasteiger partial charge in [-0.1, -0.05) is 37.4 Å². The molecule has 1 aliphatic rings. The fourth-order valence-electron chi connectivity index (χ4n) is 2.37. The number of hydrogen-bond donors (Lipinski definition) is 0. The summed E-state index contributed by atoms with van der Waals surface area (Å²) < 4.78 is 2.04. The molecular weight excluding hydrogens is 268 g/mol. The van der Waals surface area contributed by atoms with Gasteiger partial charge in [-0.3, -0.25) is 0 Å². The second-order valence-corrected chi connectivity index (χ2v) is 6.24. The molecule has 4 nitrogen and oxygen atoms in total. The first-order chi connectivity index (χ1) is 8.92. The van der Waals surface area contributed by atoms with Gasteiger partial charge in [0.15, 0.2) is 0 Å². The summed E-state index contributed by atoms with van der Waals surface area (Å²) >= 11 is 7.45. The molecule has 1 saturated carbocycles. The summed E-state index contributed by atoms with van der Waals surface area (Å²) in [4.78, 5) is 0. The van der Waals surface area contributed by atoms with E-state index in [4.69, 9.17) is 11.6 Å². The van der Waals surface area contributed by atoms with Crippen LogP contribution >= 0.6 is 23.4 Å². The van der Waals surface area contributed by atoms with Gasteiger partial charge in [-0.05, 0) is 36.1 Å². The molecule has 1 aromatic heterocycles. The van der Waals surface area contributed by atoms with Crippen molar-refractivity contribution in [2.75, 3.05) is 11.6 Å². The zero-order valence-corrected chi connectivity index (χ0v) is 12.3. The van der Waals surface area contributed by atoms with Gasteiger partial charge in [-0.2, -0.15) is 0 Å². The van der Waals surface area contributed by atoms with E-state index in [-0.39, 0.29) is 0 Å². The van der Waals surface area contributed by atoms with Crippen molar-refractivity contribution in [3.05, 3.63) is 0 Å². The van der Waals surface area contributed by atoms with Gasteiger partial charge in [0.1, 0.15) is 0 Å². The van der Waals surface area contributed by atoms with Crippen molar-refractivity contribution in [1.82, 2.24) is 20.2 Å². The number of alkyl halides is 1. The van der Waals surface area contributed by atoms with Crippen molar-refractivity contribution in [3.63, 3.8) is 0 Å². The molecule has 0 amide bonds. The summed E-state index contributed by atoms with van der Waals surface area (Å²) in [6, 6.07) is 0.541. The van der Waals surface area contributed by atoms with Gasteiger partial charge in [-0.15, -0.1) is 16.7 Å². The molecule has 1 fully saturated rings. The summed E-state index contributed by atoms with van der Waals surface area (Å²) in [6.07, 6.45) is 9.93. The van der Waals surface area contributed by atoms with Crippen LogP contribution in [0.4, 0.5) is 0 Å². The van der Waals surface area contributed by atoms with Gasteiger partial charge in [0.2, 0.25) is 5.16 Å². The van der Waals surface area contributed by atoms with Crippen molar-refractivity contribution in [1.29, 1.82) is 0 Å². The Morgan fingerprint density at radius 3 is 2.72 bits per heavy atom. The molecule has 0 spiro atoms. The highest BCUT2D eigenvalue weighted by Crippen LogP contribution is 2.31. The Morgan fingerprint density at radius 1 is 1.17 bits per heavy atom. The predicted octanol–water partition coefficient (Wildman–Crippen LogP) is 3.68. The zero-order valence-electron chi connectivity index (χ0n) is 10.7. The average Bonchev–Trinajstić information content (AvgIpc) is 3.03. The van der Waals surface area contributed by atoms with Crippen molar-refractivity contribution < 1.29 is 0 Å². The molecule has 0 saturated heterocycles. The van der Waals surface area contributed by atoms with Crippen LogP contribution in [0.25, 0.3) is 0 Å². The van der Waals surface area contributed by atoms with Crippen molar-refractivity contribution in [2.45, 2.75) is 62.6 Å². The highest BCUT2D eigenvalue weighted by molar-refractivity contribution is 7.99. The lowest BCUT2D eigenvalue weighted by Crippen LogP contribution is -2.08. The van der Waals surface area contributed by atoms with E-state index in [1.165, 1.54) is 44.9 Å². The Balaban J connectivity index is 1.70. The molecule has 0 unspecified atom stereocenters. The van der Waals surface area contributed by atoms with Crippen LogP contribution in [0.2, 0.25) is 0 Å². The maximum Gasteiger partial charge on any atom is 0.209 e. The molecule has 0 aromatic carbocycles. The second-order valence-electron chi connectivity index (χ2n) is 4.80. The number of rotatable bonds is 8. The molecule has 0 N–H and O–H groups in total. The third-order valence-corrected chi connectivity index (χ3v) is 4.68. The number of nitrogens with zero attached hydrogens (tertiary/aromatic N) is 4. The van der Waals surface area contributed by atoms with Crippen LogP contribution in [-0.2, 0) is 0 Å². The summed E-state index contributed by atoms with van der Waals surface area (Å²) in [5.41, 5.74) is 0. The van der Waals surface area contributed by atoms with Gasteiger partial charge < -0.3 is 0 Å². The molecule has 0 radical (unpaired) electrons. The molecule has 0 atom stereocenters. The monoisotopic (exact) mass is 288 g/mol. The van der Waals surface area contributed by atoms with Crippen molar-refractivity contribution in [3.8, 4) is 0 Å². The minimum absolute atomic E-state index is 0.541. The Kier molecular flexibility index (Phi) is 6.28. The highest BCUT2D eigenvalue weighted by Gasteiger charge is 2.21. The summed E-state index contributed by atoms with van der Waals surface area (Å²) in [5, 5.41) is 13.1.